The van der Waals surface area contributed by atoms with Gasteiger partial charge in [0.15, 0.2) is 16.1 Å². The van der Waals surface area contributed by atoms with Gasteiger partial charge < -0.3 is 14.8 Å². The summed E-state index contributed by atoms with van der Waals surface area (Å²) in [6.07, 6.45) is 3.38. The van der Waals surface area contributed by atoms with Gasteiger partial charge in [-0.15, -0.1) is 0 Å². The van der Waals surface area contributed by atoms with Crippen LogP contribution in [0.5, 0.6) is 0 Å². The largest absolute Gasteiger partial charge is 0.462 e. The smallest absolute Gasteiger partial charge is 0.343 e. The second-order valence-electron chi connectivity index (χ2n) is 6.67. The number of benzene rings is 1. The molecule has 0 unspecified atom stereocenters. The Kier molecular flexibility index (Phi) is 6.78. The summed E-state index contributed by atoms with van der Waals surface area (Å²) in [6, 6.07) is 6.32. The number of carbonyl (C=O) groups excluding carboxylic acids is 1. The molecule has 30 heavy (non-hydrogen) atoms. The first-order valence-electron chi connectivity index (χ1n) is 9.71. The van der Waals surface area contributed by atoms with E-state index in [2.05, 4.69) is 37.3 Å². The van der Waals surface area contributed by atoms with Crippen molar-refractivity contribution in [1.29, 1.82) is 0 Å². The number of hydrogen-bond acceptors (Lipinski definition) is 10. The molecule has 0 spiro atoms. The molecule has 0 saturated carbocycles. The Morgan fingerprint density at radius 1 is 1.33 bits per heavy atom. The Labute approximate surface area is 183 Å². The highest BCUT2D eigenvalue weighted by molar-refractivity contribution is 7.98. The molecule has 0 aliphatic carbocycles. The first-order valence-corrected chi connectivity index (χ1v) is 11.7. The van der Waals surface area contributed by atoms with E-state index in [4.69, 9.17) is 9.47 Å². The number of aromatic nitrogens is 3. The van der Waals surface area contributed by atoms with E-state index in [0.717, 1.165) is 43.1 Å². The number of morpholine rings is 1. The fourth-order valence-electron chi connectivity index (χ4n) is 3.16. The molecule has 1 saturated heterocycles. The number of esters is 1. The molecule has 10 heteroatoms. The second-order valence-corrected chi connectivity index (χ2v) is 8.48. The minimum Gasteiger partial charge on any atom is -0.462 e. The van der Waals surface area contributed by atoms with Crippen LogP contribution in [0.15, 0.2) is 29.6 Å². The van der Waals surface area contributed by atoms with E-state index in [9.17, 15) is 4.79 Å². The predicted molar refractivity (Wildman–Crippen MR) is 119 cm³/mol. The summed E-state index contributed by atoms with van der Waals surface area (Å²) in [7, 11) is 0. The number of thiazole rings is 1. The summed E-state index contributed by atoms with van der Waals surface area (Å²) >= 11 is 2.94. The molecule has 0 atom stereocenters. The maximum Gasteiger partial charge on any atom is 0.343 e. The van der Waals surface area contributed by atoms with Crippen molar-refractivity contribution < 1.29 is 14.3 Å². The lowest BCUT2D eigenvalue weighted by molar-refractivity contribution is 0.0342. The molecule has 1 fully saturated rings. The lowest BCUT2D eigenvalue weighted by atomic mass is 10.2. The Balaban J connectivity index is 1.57. The van der Waals surface area contributed by atoms with Gasteiger partial charge in [0.25, 0.3) is 0 Å². The highest BCUT2D eigenvalue weighted by atomic mass is 32.2. The van der Waals surface area contributed by atoms with Gasteiger partial charge in [-0.05, 0) is 30.9 Å². The van der Waals surface area contributed by atoms with Gasteiger partial charge >= 0.3 is 5.97 Å². The molecule has 1 N–H and O–H groups in total. The summed E-state index contributed by atoms with van der Waals surface area (Å²) in [5.41, 5.74) is 2.45. The summed E-state index contributed by atoms with van der Waals surface area (Å²) in [4.78, 5) is 28.0. The van der Waals surface area contributed by atoms with E-state index in [1.54, 1.807) is 6.92 Å². The third-order valence-electron chi connectivity index (χ3n) is 4.63. The number of rotatable bonds is 7. The van der Waals surface area contributed by atoms with Crippen LogP contribution in [0, 0.1) is 0 Å². The summed E-state index contributed by atoms with van der Waals surface area (Å²) in [5.74, 6) is -0.0537. The molecule has 3 heterocycles. The van der Waals surface area contributed by atoms with Crippen LogP contribution in [-0.2, 0) is 16.0 Å². The van der Waals surface area contributed by atoms with Crippen molar-refractivity contribution >= 4 is 50.2 Å². The zero-order valence-corrected chi connectivity index (χ0v) is 18.5. The fourth-order valence-corrected chi connectivity index (χ4v) is 4.43. The third kappa shape index (κ3) is 4.89. The highest BCUT2D eigenvalue weighted by Crippen LogP contribution is 2.30. The number of anilines is 2. The quantitative estimate of drug-likeness (QED) is 0.333. The van der Waals surface area contributed by atoms with Gasteiger partial charge in [-0.1, -0.05) is 29.2 Å². The van der Waals surface area contributed by atoms with Gasteiger partial charge in [-0.2, -0.15) is 0 Å². The van der Waals surface area contributed by atoms with Crippen LogP contribution < -0.4 is 5.32 Å². The van der Waals surface area contributed by atoms with Gasteiger partial charge in [-0.3, -0.25) is 4.90 Å². The average molecular weight is 446 g/mol. The second kappa shape index (κ2) is 9.69. The first kappa shape index (κ1) is 21.0. The Bertz CT molecular complexity index is 1040. The van der Waals surface area contributed by atoms with Crippen LogP contribution in [0.2, 0.25) is 0 Å². The standard InChI is InChI=1S/C20H23N5O3S2/c1-3-28-18(26)14-11-21-19(29-2)23-17(14)24-20-22-15-5-4-13(10-16(15)30-20)12-25-6-8-27-9-7-25/h4-5,10-11H,3,6-9,12H2,1-2H3,(H,21,22,23,24). The molecule has 1 aliphatic rings. The van der Waals surface area contributed by atoms with Crippen LogP contribution in [-0.4, -0.2) is 65.0 Å². The number of ether oxygens (including phenoxy) is 2. The molecular formula is C20H23N5O3S2. The summed E-state index contributed by atoms with van der Waals surface area (Å²) < 4.78 is 11.6. The van der Waals surface area contributed by atoms with Crippen LogP contribution in [0.1, 0.15) is 22.8 Å². The van der Waals surface area contributed by atoms with E-state index in [-0.39, 0.29) is 6.61 Å². The number of nitrogens with zero attached hydrogens (tertiary/aromatic N) is 4. The lowest BCUT2D eigenvalue weighted by Crippen LogP contribution is -2.35. The van der Waals surface area contributed by atoms with Gasteiger partial charge in [0.2, 0.25) is 0 Å². The highest BCUT2D eigenvalue weighted by Gasteiger charge is 2.18. The van der Waals surface area contributed by atoms with Crippen LogP contribution in [0.4, 0.5) is 10.9 Å². The zero-order valence-electron chi connectivity index (χ0n) is 16.9. The summed E-state index contributed by atoms with van der Waals surface area (Å²) in [6.45, 7) is 6.44. The molecule has 0 amide bonds. The predicted octanol–water partition coefficient (Wildman–Crippen LogP) is 3.56. The zero-order chi connectivity index (χ0) is 20.9. The molecule has 0 radical (unpaired) electrons. The van der Waals surface area contributed by atoms with Crippen LogP contribution in [0.25, 0.3) is 10.2 Å². The van der Waals surface area contributed by atoms with Gasteiger partial charge in [-0.25, -0.2) is 19.7 Å². The molecule has 8 nitrogen and oxygen atoms in total. The fraction of sp³-hybridized carbons (Fsp3) is 0.400. The molecule has 4 rings (SSSR count). The SMILES string of the molecule is CCOC(=O)c1cnc(SC)nc1Nc1nc2ccc(CN3CCOCC3)cc2s1. The Morgan fingerprint density at radius 3 is 2.93 bits per heavy atom. The molecule has 1 aliphatic heterocycles. The van der Waals surface area contributed by atoms with E-state index >= 15 is 0 Å². The number of fused-ring (bicyclic) bond motifs is 1. The average Bonchev–Trinajstić information content (AvgIpc) is 3.16. The minimum atomic E-state index is -0.457. The van der Waals surface area contributed by atoms with Crippen molar-refractivity contribution in [2.24, 2.45) is 0 Å². The first-order chi connectivity index (χ1) is 14.7. The minimum absolute atomic E-state index is 0.287. The monoisotopic (exact) mass is 445 g/mol. The normalized spacial score (nSPS) is 14.7. The van der Waals surface area contributed by atoms with Crippen molar-refractivity contribution in [3.05, 3.63) is 35.5 Å². The number of thioether (sulfide) groups is 1. The van der Waals surface area contributed by atoms with Gasteiger partial charge in [0.05, 0.1) is 30.0 Å². The van der Waals surface area contributed by atoms with Crippen molar-refractivity contribution in [1.82, 2.24) is 19.9 Å². The molecule has 1 aromatic carbocycles. The molecule has 2 aromatic heterocycles. The van der Waals surface area contributed by atoms with Gasteiger partial charge in [0.1, 0.15) is 5.56 Å². The third-order valence-corrected chi connectivity index (χ3v) is 6.13. The van der Waals surface area contributed by atoms with E-state index in [1.165, 1.54) is 34.9 Å². The van der Waals surface area contributed by atoms with Crippen molar-refractivity contribution in [3.8, 4) is 0 Å². The number of carbonyl (C=O) groups is 1. The van der Waals surface area contributed by atoms with Gasteiger partial charge in [0, 0.05) is 25.8 Å². The number of nitrogens with one attached hydrogen (secondary N) is 1. The molecule has 0 bridgehead atoms. The van der Waals surface area contributed by atoms with Crippen molar-refractivity contribution in [2.75, 3.05) is 44.5 Å². The van der Waals surface area contributed by atoms with E-state index < -0.39 is 5.97 Å². The topological polar surface area (TPSA) is 89.5 Å². The maximum absolute atomic E-state index is 12.3. The molecule has 158 valence electrons. The number of hydrogen-bond donors (Lipinski definition) is 1. The molecular weight excluding hydrogens is 422 g/mol. The molecule has 3 aromatic rings. The van der Waals surface area contributed by atoms with Crippen molar-refractivity contribution in [3.63, 3.8) is 0 Å². The van der Waals surface area contributed by atoms with Crippen molar-refractivity contribution in [2.45, 2.75) is 18.6 Å². The summed E-state index contributed by atoms with van der Waals surface area (Å²) in [5, 5.41) is 4.43. The van der Waals surface area contributed by atoms with Crippen LogP contribution in [0.3, 0.4) is 0 Å². The van der Waals surface area contributed by atoms with E-state index in [1.807, 2.05) is 12.3 Å². The van der Waals surface area contributed by atoms with Crippen LogP contribution >= 0.6 is 23.1 Å². The Morgan fingerprint density at radius 2 is 2.17 bits per heavy atom. The van der Waals surface area contributed by atoms with E-state index in [0.29, 0.717) is 21.7 Å². The lowest BCUT2D eigenvalue weighted by Gasteiger charge is -2.26. The maximum atomic E-state index is 12.3. The Hall–Kier alpha value is -2.27.